The molecule has 174 valence electrons. The molecule has 1 saturated heterocycles. The van der Waals surface area contributed by atoms with Crippen LogP contribution in [-0.2, 0) is 6.54 Å². The monoisotopic (exact) mass is 525 g/mol. The van der Waals surface area contributed by atoms with Gasteiger partial charge in [-0.25, -0.2) is 14.1 Å². The lowest BCUT2D eigenvalue weighted by Gasteiger charge is -2.38. The minimum atomic E-state index is -1.15. The summed E-state index contributed by atoms with van der Waals surface area (Å²) in [6.45, 7) is 0.727. The Hall–Kier alpha value is -3.37. The number of fused-ring (bicyclic) bond motifs is 1. The number of hydrogen-bond donors (Lipinski definition) is 1. The summed E-state index contributed by atoms with van der Waals surface area (Å²) in [5.41, 5.74) is 0.167. The Morgan fingerprint density at radius 1 is 1.15 bits per heavy atom. The molecule has 1 N–H and O–H groups in total. The normalized spacial score (nSPS) is 15.6. The van der Waals surface area contributed by atoms with E-state index < -0.39 is 11.4 Å². The minimum Gasteiger partial charge on any atom is -0.388 e. The van der Waals surface area contributed by atoms with Gasteiger partial charge in [0.1, 0.15) is 17.5 Å². The van der Waals surface area contributed by atoms with Crippen LogP contribution in [0.25, 0.3) is 16.7 Å². The van der Waals surface area contributed by atoms with Crippen LogP contribution in [0.3, 0.4) is 0 Å². The molecule has 34 heavy (non-hydrogen) atoms. The topological polar surface area (TPSA) is 93.2 Å². The van der Waals surface area contributed by atoms with E-state index in [9.17, 15) is 19.1 Å². The standard InChI is InChI=1S/C24H21BrFN5O3/c25-17-2-1-3-19(12-17)31-21-20(13-28-31)23(33)30(15-27-21)14-24(34)8-10-29(11-9-24)22(32)16-4-6-18(26)7-5-16/h1-7,12-13,15,34H,8-11,14H2. The summed E-state index contributed by atoms with van der Waals surface area (Å²) in [6, 6.07) is 12.9. The third kappa shape index (κ3) is 4.26. The zero-order chi connectivity index (χ0) is 23.9. The number of likely N-dealkylation sites (tertiary alicyclic amines) is 1. The van der Waals surface area contributed by atoms with Crippen molar-refractivity contribution in [1.82, 2.24) is 24.2 Å². The SMILES string of the molecule is O=C(c1ccc(F)cc1)N1CCC(O)(Cn2cnc3c(cnn3-c3cccc(Br)c3)c2=O)CC1. The maximum atomic E-state index is 13.1. The zero-order valence-corrected chi connectivity index (χ0v) is 19.7. The molecular weight excluding hydrogens is 505 g/mol. The molecule has 0 radical (unpaired) electrons. The highest BCUT2D eigenvalue weighted by Gasteiger charge is 2.35. The summed E-state index contributed by atoms with van der Waals surface area (Å²) in [4.78, 5) is 31.8. The molecule has 8 nitrogen and oxygen atoms in total. The molecule has 2 aromatic heterocycles. The summed E-state index contributed by atoms with van der Waals surface area (Å²) in [6.07, 6.45) is 3.52. The van der Waals surface area contributed by atoms with E-state index in [4.69, 9.17) is 0 Å². The molecule has 1 fully saturated rings. The van der Waals surface area contributed by atoms with Gasteiger partial charge in [-0.05, 0) is 55.3 Å². The molecule has 0 atom stereocenters. The molecule has 0 saturated carbocycles. The molecule has 5 rings (SSSR count). The van der Waals surface area contributed by atoms with E-state index in [1.807, 2.05) is 24.3 Å². The van der Waals surface area contributed by atoms with Gasteiger partial charge in [0, 0.05) is 23.1 Å². The predicted octanol–water partition coefficient (Wildman–Crippen LogP) is 3.15. The predicted molar refractivity (Wildman–Crippen MR) is 127 cm³/mol. The van der Waals surface area contributed by atoms with Gasteiger partial charge < -0.3 is 10.0 Å². The quantitative estimate of drug-likeness (QED) is 0.441. The number of nitrogens with zero attached hydrogens (tertiary/aromatic N) is 5. The van der Waals surface area contributed by atoms with Gasteiger partial charge in [-0.2, -0.15) is 5.10 Å². The number of halogens is 2. The number of carbonyl (C=O) groups excluding carboxylic acids is 1. The van der Waals surface area contributed by atoms with Crippen molar-refractivity contribution in [2.45, 2.75) is 25.0 Å². The molecule has 10 heteroatoms. The number of piperidine rings is 1. The van der Waals surface area contributed by atoms with Gasteiger partial charge >= 0.3 is 0 Å². The number of aromatic nitrogens is 4. The van der Waals surface area contributed by atoms with E-state index in [2.05, 4.69) is 26.0 Å². The van der Waals surface area contributed by atoms with Crippen LogP contribution in [0.1, 0.15) is 23.2 Å². The van der Waals surface area contributed by atoms with Crippen LogP contribution < -0.4 is 5.56 Å². The van der Waals surface area contributed by atoms with Crippen molar-refractivity contribution in [3.05, 3.63) is 87.3 Å². The van der Waals surface area contributed by atoms with E-state index >= 15 is 0 Å². The summed E-state index contributed by atoms with van der Waals surface area (Å²) in [5.74, 6) is -0.606. The maximum absolute atomic E-state index is 13.1. The molecule has 4 aromatic rings. The Morgan fingerprint density at radius 2 is 1.88 bits per heavy atom. The van der Waals surface area contributed by atoms with Crippen molar-refractivity contribution in [1.29, 1.82) is 0 Å². The number of hydrogen-bond acceptors (Lipinski definition) is 5. The van der Waals surface area contributed by atoms with Gasteiger partial charge in [-0.1, -0.05) is 22.0 Å². The second-order valence-corrected chi connectivity index (χ2v) is 9.39. The van der Waals surface area contributed by atoms with Gasteiger partial charge in [0.2, 0.25) is 0 Å². The van der Waals surface area contributed by atoms with Gasteiger partial charge in [-0.15, -0.1) is 0 Å². The van der Waals surface area contributed by atoms with Crippen molar-refractivity contribution >= 4 is 32.9 Å². The van der Waals surface area contributed by atoms with E-state index in [1.165, 1.54) is 41.4 Å². The molecule has 2 aromatic carbocycles. The van der Waals surface area contributed by atoms with Gasteiger partial charge in [-0.3, -0.25) is 14.2 Å². The first kappa shape index (κ1) is 22.4. The van der Waals surface area contributed by atoms with Crippen LogP contribution in [0.4, 0.5) is 4.39 Å². The first-order valence-electron chi connectivity index (χ1n) is 10.8. The summed E-state index contributed by atoms with van der Waals surface area (Å²) in [5, 5.41) is 15.8. The van der Waals surface area contributed by atoms with Gasteiger partial charge in [0.25, 0.3) is 11.5 Å². The Kier molecular flexibility index (Phi) is 5.78. The van der Waals surface area contributed by atoms with Crippen molar-refractivity contribution in [2.24, 2.45) is 0 Å². The Morgan fingerprint density at radius 3 is 2.59 bits per heavy atom. The van der Waals surface area contributed by atoms with Crippen LogP contribution in [0.15, 0.2) is 70.3 Å². The second-order valence-electron chi connectivity index (χ2n) is 8.47. The van der Waals surface area contributed by atoms with E-state index in [0.717, 1.165) is 10.2 Å². The summed E-state index contributed by atoms with van der Waals surface area (Å²) >= 11 is 3.43. The van der Waals surface area contributed by atoms with Crippen LogP contribution in [0, 0.1) is 5.82 Å². The molecular formula is C24H21BrFN5O3. The third-order valence-corrected chi connectivity index (χ3v) is 6.64. The number of carbonyl (C=O) groups is 1. The summed E-state index contributed by atoms with van der Waals surface area (Å²) in [7, 11) is 0. The minimum absolute atomic E-state index is 0.0649. The Balaban J connectivity index is 1.32. The smallest absolute Gasteiger partial charge is 0.264 e. The second kappa shape index (κ2) is 8.77. The fraction of sp³-hybridized carbons (Fsp3) is 0.250. The fourth-order valence-corrected chi connectivity index (χ4v) is 4.62. The fourth-order valence-electron chi connectivity index (χ4n) is 4.23. The van der Waals surface area contributed by atoms with Crippen LogP contribution in [0.5, 0.6) is 0 Å². The molecule has 0 spiro atoms. The van der Waals surface area contributed by atoms with Crippen LogP contribution in [0.2, 0.25) is 0 Å². The first-order valence-corrected chi connectivity index (χ1v) is 11.6. The lowest BCUT2D eigenvalue weighted by molar-refractivity contribution is -0.0299. The molecule has 0 unspecified atom stereocenters. The maximum Gasteiger partial charge on any atom is 0.264 e. The molecule has 0 aliphatic carbocycles. The zero-order valence-electron chi connectivity index (χ0n) is 18.1. The van der Waals surface area contributed by atoms with Crippen molar-refractivity contribution in [2.75, 3.05) is 13.1 Å². The number of aliphatic hydroxyl groups is 1. The Labute approximate surface area is 202 Å². The number of amides is 1. The molecule has 1 aliphatic heterocycles. The summed E-state index contributed by atoms with van der Waals surface area (Å²) < 4.78 is 17.0. The van der Waals surface area contributed by atoms with Gasteiger partial charge in [0.15, 0.2) is 5.65 Å². The lowest BCUT2D eigenvalue weighted by Crippen LogP contribution is -2.49. The average Bonchev–Trinajstić information content (AvgIpc) is 3.26. The highest BCUT2D eigenvalue weighted by atomic mass is 79.9. The number of rotatable bonds is 4. The average molecular weight is 526 g/mol. The van der Waals surface area contributed by atoms with Crippen molar-refractivity contribution in [3.63, 3.8) is 0 Å². The molecule has 1 amide bonds. The van der Waals surface area contributed by atoms with E-state index in [-0.39, 0.29) is 18.0 Å². The molecule has 3 heterocycles. The largest absolute Gasteiger partial charge is 0.388 e. The van der Waals surface area contributed by atoms with Gasteiger partial charge in [0.05, 0.1) is 24.0 Å². The Bertz CT molecular complexity index is 1420. The highest BCUT2D eigenvalue weighted by Crippen LogP contribution is 2.25. The third-order valence-electron chi connectivity index (χ3n) is 6.14. The van der Waals surface area contributed by atoms with Crippen LogP contribution in [-0.4, -0.2) is 53.9 Å². The van der Waals surface area contributed by atoms with E-state index in [0.29, 0.717) is 42.5 Å². The first-order chi connectivity index (χ1) is 16.3. The van der Waals surface area contributed by atoms with Crippen molar-refractivity contribution < 1.29 is 14.3 Å². The lowest BCUT2D eigenvalue weighted by atomic mass is 9.91. The van der Waals surface area contributed by atoms with Crippen molar-refractivity contribution in [3.8, 4) is 5.69 Å². The molecule has 1 aliphatic rings. The van der Waals surface area contributed by atoms with Crippen LogP contribution >= 0.6 is 15.9 Å². The molecule has 0 bridgehead atoms. The van der Waals surface area contributed by atoms with E-state index in [1.54, 1.807) is 9.58 Å². The number of benzene rings is 2. The highest BCUT2D eigenvalue weighted by molar-refractivity contribution is 9.10.